The minimum Gasteiger partial charge on any atom is -0.454 e. The van der Waals surface area contributed by atoms with Gasteiger partial charge in [-0.2, -0.15) is 0 Å². The molecule has 22 heavy (non-hydrogen) atoms. The molecule has 4 aromatic rings. The van der Waals surface area contributed by atoms with Crippen LogP contribution in [0.1, 0.15) is 5.56 Å². The summed E-state index contributed by atoms with van der Waals surface area (Å²) < 4.78 is 5.86. The van der Waals surface area contributed by atoms with Gasteiger partial charge in [-0.25, -0.2) is 4.98 Å². The number of hydrogen-bond acceptors (Lipinski definition) is 4. The predicted octanol–water partition coefficient (Wildman–Crippen LogP) is 5.61. The van der Waals surface area contributed by atoms with Crippen molar-refractivity contribution >= 4 is 33.1 Å². The lowest BCUT2D eigenvalue weighted by atomic mass is 10.2. The maximum Gasteiger partial charge on any atom is 0.187 e. The molecule has 2 heterocycles. The number of aryl methyl sites for hydroxylation is 1. The Bertz CT molecular complexity index is 906. The summed E-state index contributed by atoms with van der Waals surface area (Å²) in [6.45, 7) is 2.08. The van der Waals surface area contributed by atoms with E-state index >= 15 is 0 Å². The summed E-state index contributed by atoms with van der Waals surface area (Å²) in [6.07, 6.45) is 0. The van der Waals surface area contributed by atoms with Crippen LogP contribution >= 0.6 is 11.3 Å². The van der Waals surface area contributed by atoms with Crippen LogP contribution in [0.25, 0.3) is 22.4 Å². The first-order valence-corrected chi connectivity index (χ1v) is 7.95. The first-order chi connectivity index (χ1) is 10.8. The van der Waals surface area contributed by atoms with Crippen molar-refractivity contribution in [1.29, 1.82) is 0 Å². The number of aromatic nitrogens is 1. The van der Waals surface area contributed by atoms with Gasteiger partial charge in [-0.1, -0.05) is 36.4 Å². The van der Waals surface area contributed by atoms with E-state index in [0.29, 0.717) is 0 Å². The molecule has 0 aliphatic rings. The van der Waals surface area contributed by atoms with Gasteiger partial charge in [0.25, 0.3) is 0 Å². The Hall–Kier alpha value is -2.59. The molecule has 0 bridgehead atoms. The monoisotopic (exact) mass is 306 g/mol. The van der Waals surface area contributed by atoms with Crippen molar-refractivity contribution in [3.8, 4) is 11.5 Å². The minimum atomic E-state index is 0.801. The van der Waals surface area contributed by atoms with E-state index in [-0.39, 0.29) is 0 Å². The zero-order valence-corrected chi connectivity index (χ0v) is 12.9. The molecule has 0 amide bonds. The second kappa shape index (κ2) is 5.31. The van der Waals surface area contributed by atoms with Gasteiger partial charge in [0, 0.05) is 16.5 Å². The molecule has 2 aromatic heterocycles. The quantitative estimate of drug-likeness (QED) is 0.534. The first-order valence-electron chi connectivity index (χ1n) is 7.07. The van der Waals surface area contributed by atoms with Crippen LogP contribution < -0.4 is 5.32 Å². The third-order valence-corrected chi connectivity index (χ3v) is 4.33. The molecule has 0 fully saturated rings. The molecule has 2 aromatic carbocycles. The van der Waals surface area contributed by atoms with Gasteiger partial charge in [0.15, 0.2) is 10.9 Å². The van der Waals surface area contributed by atoms with E-state index in [0.717, 1.165) is 33.2 Å². The zero-order chi connectivity index (χ0) is 14.9. The van der Waals surface area contributed by atoms with Crippen molar-refractivity contribution in [2.24, 2.45) is 0 Å². The number of benzene rings is 2. The van der Waals surface area contributed by atoms with Gasteiger partial charge >= 0.3 is 0 Å². The molecule has 4 heteroatoms. The van der Waals surface area contributed by atoms with Crippen LogP contribution in [0.5, 0.6) is 0 Å². The Balaban J connectivity index is 1.65. The molecular weight excluding hydrogens is 292 g/mol. The fourth-order valence-corrected chi connectivity index (χ4v) is 3.09. The summed E-state index contributed by atoms with van der Waals surface area (Å²) in [5.41, 5.74) is 4.02. The number of rotatable bonds is 3. The first kappa shape index (κ1) is 13.1. The zero-order valence-electron chi connectivity index (χ0n) is 12.0. The van der Waals surface area contributed by atoms with Crippen LogP contribution in [0, 0.1) is 6.92 Å². The van der Waals surface area contributed by atoms with E-state index in [9.17, 15) is 0 Å². The molecule has 0 spiro atoms. The fraction of sp³-hybridized carbons (Fsp3) is 0.0556. The molecule has 4 rings (SSSR count). The van der Waals surface area contributed by atoms with Crippen LogP contribution in [-0.2, 0) is 0 Å². The highest BCUT2D eigenvalue weighted by Gasteiger charge is 2.10. The SMILES string of the molecule is Cc1ccccc1Nc1nc(-c2cc3ccccc3o2)cs1. The van der Waals surface area contributed by atoms with Gasteiger partial charge in [-0.05, 0) is 30.7 Å². The van der Waals surface area contributed by atoms with E-state index < -0.39 is 0 Å². The Labute approximate surface area is 132 Å². The van der Waals surface area contributed by atoms with Crippen molar-refractivity contribution in [2.75, 3.05) is 5.32 Å². The summed E-state index contributed by atoms with van der Waals surface area (Å²) in [5, 5.41) is 7.34. The fourth-order valence-electron chi connectivity index (χ4n) is 2.38. The standard InChI is InChI=1S/C18H14N2OS/c1-12-6-2-4-8-14(12)19-18-20-15(11-22-18)17-10-13-7-3-5-9-16(13)21-17/h2-11H,1H3,(H,19,20). The van der Waals surface area contributed by atoms with Crippen molar-refractivity contribution < 1.29 is 4.42 Å². The smallest absolute Gasteiger partial charge is 0.187 e. The van der Waals surface area contributed by atoms with Crippen LogP contribution in [0.4, 0.5) is 10.8 Å². The number of thiazole rings is 1. The van der Waals surface area contributed by atoms with Crippen LogP contribution in [-0.4, -0.2) is 4.98 Å². The highest BCUT2D eigenvalue weighted by molar-refractivity contribution is 7.14. The number of nitrogens with zero attached hydrogens (tertiary/aromatic N) is 1. The van der Waals surface area contributed by atoms with Gasteiger partial charge < -0.3 is 9.73 Å². The number of hydrogen-bond donors (Lipinski definition) is 1. The lowest BCUT2D eigenvalue weighted by Gasteiger charge is -2.05. The number of anilines is 2. The van der Waals surface area contributed by atoms with E-state index in [4.69, 9.17) is 4.42 Å². The minimum absolute atomic E-state index is 0.801. The average Bonchev–Trinajstić information content (AvgIpc) is 3.15. The molecule has 0 saturated heterocycles. The van der Waals surface area contributed by atoms with E-state index in [1.807, 2.05) is 47.8 Å². The molecular formula is C18H14N2OS. The number of furan rings is 1. The molecule has 3 nitrogen and oxygen atoms in total. The summed E-state index contributed by atoms with van der Waals surface area (Å²) in [6, 6.07) is 18.2. The topological polar surface area (TPSA) is 38.1 Å². The third-order valence-electron chi connectivity index (χ3n) is 3.57. The van der Waals surface area contributed by atoms with Crippen molar-refractivity contribution in [3.63, 3.8) is 0 Å². The number of fused-ring (bicyclic) bond motifs is 1. The Kier molecular flexibility index (Phi) is 3.16. The lowest BCUT2D eigenvalue weighted by molar-refractivity contribution is 0.629. The molecule has 1 N–H and O–H groups in total. The van der Waals surface area contributed by atoms with Crippen molar-refractivity contribution in [1.82, 2.24) is 4.98 Å². The molecule has 0 unspecified atom stereocenters. The van der Waals surface area contributed by atoms with E-state index in [2.05, 4.69) is 29.4 Å². The summed E-state index contributed by atoms with van der Waals surface area (Å²) in [7, 11) is 0. The normalized spacial score (nSPS) is 11.0. The molecule has 0 saturated carbocycles. The largest absolute Gasteiger partial charge is 0.454 e. The summed E-state index contributed by atoms with van der Waals surface area (Å²) in [4.78, 5) is 4.63. The second-order valence-electron chi connectivity index (χ2n) is 5.13. The Morgan fingerprint density at radius 2 is 1.86 bits per heavy atom. The summed E-state index contributed by atoms with van der Waals surface area (Å²) in [5.74, 6) is 0.801. The third kappa shape index (κ3) is 2.38. The van der Waals surface area contributed by atoms with Crippen LogP contribution in [0.15, 0.2) is 64.4 Å². The lowest BCUT2D eigenvalue weighted by Crippen LogP contribution is -1.91. The number of nitrogens with one attached hydrogen (secondary N) is 1. The Morgan fingerprint density at radius 3 is 2.73 bits per heavy atom. The van der Waals surface area contributed by atoms with Gasteiger partial charge in [0.1, 0.15) is 11.3 Å². The van der Waals surface area contributed by atoms with E-state index in [1.165, 1.54) is 5.56 Å². The maximum absolute atomic E-state index is 5.86. The van der Waals surface area contributed by atoms with Gasteiger partial charge in [0.2, 0.25) is 0 Å². The number of para-hydroxylation sites is 2. The highest BCUT2D eigenvalue weighted by Crippen LogP contribution is 2.31. The second-order valence-corrected chi connectivity index (χ2v) is 5.98. The molecule has 108 valence electrons. The summed E-state index contributed by atoms with van der Waals surface area (Å²) >= 11 is 1.58. The highest BCUT2D eigenvalue weighted by atomic mass is 32.1. The van der Waals surface area contributed by atoms with Crippen molar-refractivity contribution in [3.05, 3.63) is 65.5 Å². The van der Waals surface area contributed by atoms with Gasteiger partial charge in [-0.3, -0.25) is 0 Å². The van der Waals surface area contributed by atoms with E-state index in [1.54, 1.807) is 11.3 Å². The van der Waals surface area contributed by atoms with Crippen molar-refractivity contribution in [2.45, 2.75) is 6.92 Å². The molecule has 0 aliphatic carbocycles. The van der Waals surface area contributed by atoms with Crippen LogP contribution in [0.2, 0.25) is 0 Å². The van der Waals surface area contributed by atoms with Gasteiger partial charge in [0.05, 0.1) is 0 Å². The maximum atomic E-state index is 5.86. The average molecular weight is 306 g/mol. The van der Waals surface area contributed by atoms with Crippen LogP contribution in [0.3, 0.4) is 0 Å². The predicted molar refractivity (Wildman–Crippen MR) is 91.8 cm³/mol. The molecule has 0 radical (unpaired) electrons. The van der Waals surface area contributed by atoms with Gasteiger partial charge in [-0.15, -0.1) is 11.3 Å². The molecule has 0 atom stereocenters. The molecule has 0 aliphatic heterocycles. The Morgan fingerprint density at radius 1 is 1.05 bits per heavy atom.